The minimum absolute atomic E-state index is 0.329. The number of ether oxygens (including phenoxy) is 1. The molecule has 1 heterocycles. The molecular weight excluding hydrogens is 428 g/mol. The predicted octanol–water partition coefficient (Wildman–Crippen LogP) is 2.38. The average molecular weight is 453 g/mol. The lowest BCUT2D eigenvalue weighted by molar-refractivity contribution is -0.114. The van der Waals surface area contributed by atoms with Crippen molar-refractivity contribution in [2.24, 2.45) is 0 Å². The number of carbonyl (C=O) groups excluding carboxylic acids is 1. The van der Waals surface area contributed by atoms with E-state index < -0.39 is 21.2 Å². The number of benzene rings is 2. The summed E-state index contributed by atoms with van der Waals surface area (Å²) in [6.07, 6.45) is 0. The van der Waals surface area contributed by atoms with Gasteiger partial charge in [-0.2, -0.15) is 0 Å². The number of halogens is 1. The number of hydrogen-bond donors (Lipinski definition) is 3. The van der Waals surface area contributed by atoms with Gasteiger partial charge in [0.05, 0.1) is 12.8 Å². The van der Waals surface area contributed by atoms with Crippen LogP contribution >= 0.6 is 11.6 Å². The van der Waals surface area contributed by atoms with Crippen molar-refractivity contribution >= 4 is 38.9 Å². The Morgan fingerprint density at radius 3 is 2.17 bits per heavy atom. The molecule has 0 aliphatic carbocycles. The summed E-state index contributed by atoms with van der Waals surface area (Å²) in [4.78, 5) is 12.7. The maximum Gasteiger partial charge on any atom is 0.245 e. The van der Waals surface area contributed by atoms with Crippen LogP contribution in [0.2, 0.25) is 5.02 Å². The van der Waals surface area contributed by atoms with Crippen molar-refractivity contribution in [3.05, 3.63) is 53.6 Å². The normalized spacial score (nSPS) is 21.3. The molecule has 2 atom stereocenters. The van der Waals surface area contributed by atoms with Gasteiger partial charge in [-0.25, -0.2) is 8.42 Å². The summed E-state index contributed by atoms with van der Waals surface area (Å²) >= 11 is 5.87. The minimum atomic E-state index is -3.88. The summed E-state index contributed by atoms with van der Waals surface area (Å²) in [5.41, 5.74) is 6.83. The molecule has 1 amide bonds. The zero-order chi connectivity index (χ0) is 21.9. The van der Waals surface area contributed by atoms with Gasteiger partial charge in [-0.05, 0) is 62.4 Å². The second kappa shape index (κ2) is 9.22. The fourth-order valence-corrected chi connectivity index (χ4v) is 5.76. The fraction of sp³-hybridized carbons (Fsp3) is 0.350. The van der Waals surface area contributed by atoms with E-state index in [9.17, 15) is 13.2 Å². The molecule has 2 unspecified atom stereocenters. The summed E-state index contributed by atoms with van der Waals surface area (Å²) in [6, 6.07) is 12.5. The smallest absolute Gasteiger partial charge is 0.245 e. The molecule has 8 nitrogen and oxygen atoms in total. The van der Waals surface area contributed by atoms with Crippen LogP contribution in [0.15, 0.2) is 48.5 Å². The van der Waals surface area contributed by atoms with Crippen LogP contribution in [-0.2, 0) is 14.8 Å². The number of nitrogens with zero attached hydrogens (tertiary/aromatic N) is 1. The Morgan fingerprint density at radius 2 is 1.63 bits per heavy atom. The molecule has 0 aromatic heterocycles. The summed E-state index contributed by atoms with van der Waals surface area (Å²) in [5.74, 6) is 0.128. The van der Waals surface area contributed by atoms with E-state index in [1.807, 2.05) is 0 Å². The molecular formula is C20H25ClN4O4S. The molecule has 1 saturated heterocycles. The fourth-order valence-electron chi connectivity index (χ4n) is 3.46. The summed E-state index contributed by atoms with van der Waals surface area (Å²) in [7, 11) is -2.35. The Bertz CT molecular complexity index is 973. The molecule has 30 heavy (non-hydrogen) atoms. The number of anilines is 2. The highest BCUT2D eigenvalue weighted by molar-refractivity contribution is 7.93. The average Bonchev–Trinajstić information content (AvgIpc) is 3.07. The van der Waals surface area contributed by atoms with E-state index in [0.717, 1.165) is 4.31 Å². The van der Waals surface area contributed by atoms with E-state index in [0.29, 0.717) is 22.1 Å². The van der Waals surface area contributed by atoms with Crippen molar-refractivity contribution in [2.75, 3.05) is 23.3 Å². The Kier molecular flexibility index (Phi) is 6.87. The first-order valence-electron chi connectivity index (χ1n) is 9.44. The van der Waals surface area contributed by atoms with E-state index in [2.05, 4.69) is 16.2 Å². The van der Waals surface area contributed by atoms with Gasteiger partial charge in [-0.1, -0.05) is 11.6 Å². The van der Waals surface area contributed by atoms with Gasteiger partial charge in [0, 0.05) is 22.8 Å². The summed E-state index contributed by atoms with van der Waals surface area (Å²) in [6.45, 7) is 3.21. The van der Waals surface area contributed by atoms with Crippen LogP contribution in [0, 0.1) is 0 Å². The first kappa shape index (κ1) is 22.4. The Balaban J connectivity index is 1.90. The zero-order valence-electron chi connectivity index (χ0n) is 16.9. The molecule has 0 bridgehead atoms. The van der Waals surface area contributed by atoms with Crippen LogP contribution in [-0.4, -0.2) is 45.3 Å². The number of rotatable bonds is 7. The Morgan fingerprint density at radius 1 is 1.07 bits per heavy atom. The third-order valence-corrected chi connectivity index (χ3v) is 7.66. The third kappa shape index (κ3) is 4.86. The van der Waals surface area contributed by atoms with Gasteiger partial charge in [0.15, 0.2) is 0 Å². The van der Waals surface area contributed by atoms with Gasteiger partial charge in [0.1, 0.15) is 17.5 Å². The molecule has 10 heteroatoms. The van der Waals surface area contributed by atoms with E-state index >= 15 is 0 Å². The lowest BCUT2D eigenvalue weighted by Gasteiger charge is -2.30. The van der Waals surface area contributed by atoms with Crippen LogP contribution in [0.4, 0.5) is 11.4 Å². The number of hydrogen-bond acceptors (Lipinski definition) is 6. The molecule has 0 saturated carbocycles. The molecule has 2 aromatic carbocycles. The van der Waals surface area contributed by atoms with Gasteiger partial charge >= 0.3 is 0 Å². The monoisotopic (exact) mass is 452 g/mol. The van der Waals surface area contributed by atoms with Crippen molar-refractivity contribution in [1.29, 1.82) is 0 Å². The number of amides is 1. The minimum Gasteiger partial charge on any atom is -0.497 e. The largest absolute Gasteiger partial charge is 0.497 e. The second-order valence-electron chi connectivity index (χ2n) is 7.14. The second-order valence-corrected chi connectivity index (χ2v) is 9.59. The van der Waals surface area contributed by atoms with Crippen LogP contribution in [0.1, 0.15) is 13.8 Å². The molecule has 1 aliphatic heterocycles. The quantitative estimate of drug-likeness (QED) is 0.596. The third-order valence-electron chi connectivity index (χ3n) is 4.95. The molecule has 162 valence electrons. The highest BCUT2D eigenvalue weighted by Gasteiger charge is 2.44. The molecule has 1 aliphatic rings. The van der Waals surface area contributed by atoms with Crippen LogP contribution in [0.3, 0.4) is 0 Å². The number of hydrazine groups is 1. The standard InChI is InChI=1S/C20H25ClN4O4S/c1-13-20(14(2)24-23-13)30(27,28)25(17-8-10-18(29-3)11-9-17)12-19(26)22-16-6-4-15(21)5-7-16/h4-11,13-14,20,23-24H,12H2,1-3H3,(H,22,26). The highest BCUT2D eigenvalue weighted by Crippen LogP contribution is 2.27. The van der Waals surface area contributed by atoms with E-state index in [1.165, 1.54) is 7.11 Å². The maximum absolute atomic E-state index is 13.6. The number of carbonyl (C=O) groups is 1. The first-order valence-corrected chi connectivity index (χ1v) is 11.3. The molecule has 0 radical (unpaired) electrons. The van der Waals surface area contributed by atoms with E-state index in [-0.39, 0.29) is 18.6 Å². The maximum atomic E-state index is 13.6. The lowest BCUT2D eigenvalue weighted by Crippen LogP contribution is -2.49. The lowest BCUT2D eigenvalue weighted by atomic mass is 10.2. The number of nitrogens with one attached hydrogen (secondary N) is 3. The van der Waals surface area contributed by atoms with Gasteiger partial charge in [-0.15, -0.1) is 0 Å². The predicted molar refractivity (Wildman–Crippen MR) is 118 cm³/mol. The van der Waals surface area contributed by atoms with Crippen molar-refractivity contribution in [1.82, 2.24) is 10.9 Å². The number of methoxy groups -OCH3 is 1. The van der Waals surface area contributed by atoms with Crippen LogP contribution < -0.4 is 25.2 Å². The molecule has 1 fully saturated rings. The topological polar surface area (TPSA) is 99.8 Å². The SMILES string of the molecule is COc1ccc(N(CC(=O)Nc2ccc(Cl)cc2)S(=O)(=O)C2C(C)NNC2C)cc1. The summed E-state index contributed by atoms with van der Waals surface area (Å²) in [5, 5.41) is 2.51. The molecule has 3 N–H and O–H groups in total. The highest BCUT2D eigenvalue weighted by atomic mass is 35.5. The number of sulfonamides is 1. The molecule has 3 rings (SSSR count). The Labute approximate surface area is 181 Å². The van der Waals surface area contributed by atoms with Gasteiger partial charge in [0.2, 0.25) is 15.9 Å². The van der Waals surface area contributed by atoms with Crippen molar-refractivity contribution in [3.63, 3.8) is 0 Å². The van der Waals surface area contributed by atoms with Gasteiger partial charge < -0.3 is 10.1 Å². The van der Waals surface area contributed by atoms with E-state index in [4.69, 9.17) is 16.3 Å². The van der Waals surface area contributed by atoms with Crippen LogP contribution in [0.25, 0.3) is 0 Å². The van der Waals surface area contributed by atoms with Crippen molar-refractivity contribution < 1.29 is 17.9 Å². The zero-order valence-corrected chi connectivity index (χ0v) is 18.5. The van der Waals surface area contributed by atoms with E-state index in [1.54, 1.807) is 62.4 Å². The Hall–Kier alpha value is -2.33. The molecule has 2 aromatic rings. The van der Waals surface area contributed by atoms with Gasteiger partial charge in [-0.3, -0.25) is 20.0 Å². The van der Waals surface area contributed by atoms with Crippen LogP contribution in [0.5, 0.6) is 5.75 Å². The van der Waals surface area contributed by atoms with Crippen molar-refractivity contribution in [3.8, 4) is 5.75 Å². The van der Waals surface area contributed by atoms with Gasteiger partial charge in [0.25, 0.3) is 0 Å². The summed E-state index contributed by atoms with van der Waals surface area (Å²) < 4.78 is 33.4. The first-order chi connectivity index (χ1) is 14.2. The van der Waals surface area contributed by atoms with Crippen molar-refractivity contribution in [2.45, 2.75) is 31.2 Å². The molecule has 0 spiro atoms.